The van der Waals surface area contributed by atoms with Crippen LogP contribution in [-0.2, 0) is 18.4 Å². The number of carboxylic acid groups (broad SMARTS) is 1. The average Bonchev–Trinajstić information content (AvgIpc) is 2.81. The molecule has 0 aliphatic rings. The van der Waals surface area contributed by atoms with Gasteiger partial charge in [0.05, 0.1) is 12.1 Å². The Labute approximate surface area is 119 Å². The van der Waals surface area contributed by atoms with Gasteiger partial charge in [0.25, 0.3) is 0 Å². The number of aromatic nitrogens is 4. The number of hydrogen-bond acceptors (Lipinski definition) is 5. The normalized spacial score (nSPS) is 10.9. The number of carboxylic acids is 1. The van der Waals surface area contributed by atoms with Gasteiger partial charge >= 0.3 is 5.97 Å². The molecular weight excluding hydrogens is 284 g/mol. The molecule has 7 nitrogen and oxygen atoms in total. The summed E-state index contributed by atoms with van der Waals surface area (Å²) in [7, 11) is 1.65. The van der Waals surface area contributed by atoms with Gasteiger partial charge in [-0.25, -0.2) is 4.79 Å². The van der Waals surface area contributed by atoms with Crippen LogP contribution in [0.2, 0.25) is 5.02 Å². The summed E-state index contributed by atoms with van der Waals surface area (Å²) in [5.41, 5.74) is 0.487. The number of benzene rings is 1. The van der Waals surface area contributed by atoms with E-state index < -0.39 is 5.97 Å². The quantitative estimate of drug-likeness (QED) is 0.841. The Hall–Kier alpha value is -2.41. The second-order valence-electron chi connectivity index (χ2n) is 3.81. The van der Waals surface area contributed by atoms with Gasteiger partial charge in [0.2, 0.25) is 5.82 Å². The van der Waals surface area contributed by atoms with E-state index in [2.05, 4.69) is 15.4 Å². The van der Waals surface area contributed by atoms with E-state index in [1.165, 1.54) is 10.9 Å². The maximum Gasteiger partial charge on any atom is 0.328 e. The highest BCUT2D eigenvalue weighted by Crippen LogP contribution is 2.28. The van der Waals surface area contributed by atoms with Crippen LogP contribution < -0.4 is 4.74 Å². The molecule has 0 aliphatic heterocycles. The smallest absolute Gasteiger partial charge is 0.328 e. The van der Waals surface area contributed by atoms with Gasteiger partial charge in [-0.05, 0) is 23.4 Å². The zero-order valence-electron chi connectivity index (χ0n) is 10.5. The summed E-state index contributed by atoms with van der Waals surface area (Å²) < 4.78 is 5.54. The fourth-order valence-corrected chi connectivity index (χ4v) is 1.71. The molecular formula is C12H11ClN4O3. The Morgan fingerprint density at radius 3 is 3.00 bits per heavy atom. The third-order valence-electron chi connectivity index (χ3n) is 2.31. The standard InChI is InChI=1S/C12H11ClN4O3/c1-17-15-11(14-16-17)7-20-10-4-2-3-9(13)8(10)5-6-12(18)19/h2-6H,7H2,1H3,(H,18,19)/b6-5+. The van der Waals surface area contributed by atoms with Crippen molar-refractivity contribution >= 4 is 23.6 Å². The molecule has 0 atom stereocenters. The van der Waals surface area contributed by atoms with Crippen molar-refractivity contribution in [1.82, 2.24) is 20.2 Å². The Morgan fingerprint density at radius 2 is 2.35 bits per heavy atom. The van der Waals surface area contributed by atoms with Crippen molar-refractivity contribution in [3.8, 4) is 5.75 Å². The first kappa shape index (κ1) is 14.0. The van der Waals surface area contributed by atoms with Gasteiger partial charge in [-0.1, -0.05) is 17.7 Å². The molecule has 2 aromatic rings. The van der Waals surface area contributed by atoms with Crippen molar-refractivity contribution in [2.24, 2.45) is 7.05 Å². The van der Waals surface area contributed by atoms with Crippen molar-refractivity contribution in [3.05, 3.63) is 40.7 Å². The molecule has 1 aromatic carbocycles. The van der Waals surface area contributed by atoms with E-state index in [9.17, 15) is 4.79 Å². The lowest BCUT2D eigenvalue weighted by molar-refractivity contribution is -0.131. The van der Waals surface area contributed by atoms with E-state index >= 15 is 0 Å². The van der Waals surface area contributed by atoms with Crippen LogP contribution in [0.4, 0.5) is 0 Å². The Morgan fingerprint density at radius 1 is 1.55 bits per heavy atom. The molecule has 8 heteroatoms. The molecule has 1 aromatic heterocycles. The largest absolute Gasteiger partial charge is 0.485 e. The molecule has 20 heavy (non-hydrogen) atoms. The van der Waals surface area contributed by atoms with Crippen molar-refractivity contribution in [1.29, 1.82) is 0 Å². The number of ether oxygens (including phenoxy) is 1. The van der Waals surface area contributed by atoms with Crippen molar-refractivity contribution in [2.75, 3.05) is 0 Å². The lowest BCUT2D eigenvalue weighted by Gasteiger charge is -2.08. The molecule has 0 saturated carbocycles. The summed E-state index contributed by atoms with van der Waals surface area (Å²) >= 11 is 6.03. The van der Waals surface area contributed by atoms with E-state index in [0.717, 1.165) is 6.08 Å². The highest BCUT2D eigenvalue weighted by Gasteiger charge is 2.08. The van der Waals surface area contributed by atoms with E-state index in [-0.39, 0.29) is 6.61 Å². The van der Waals surface area contributed by atoms with Crippen molar-refractivity contribution in [3.63, 3.8) is 0 Å². The fourth-order valence-electron chi connectivity index (χ4n) is 1.48. The molecule has 0 bridgehead atoms. The van der Waals surface area contributed by atoms with Crippen LogP contribution in [0.25, 0.3) is 6.08 Å². The number of hydrogen-bond donors (Lipinski definition) is 1. The third kappa shape index (κ3) is 3.55. The second kappa shape index (κ2) is 6.16. The zero-order valence-corrected chi connectivity index (χ0v) is 11.3. The predicted octanol–water partition coefficient (Wildman–Crippen LogP) is 1.54. The summed E-state index contributed by atoms with van der Waals surface area (Å²) in [4.78, 5) is 11.9. The minimum absolute atomic E-state index is 0.113. The van der Waals surface area contributed by atoms with Crippen LogP contribution in [0, 0.1) is 0 Å². The molecule has 0 amide bonds. The molecule has 0 spiro atoms. The van der Waals surface area contributed by atoms with Crippen LogP contribution >= 0.6 is 11.6 Å². The van der Waals surface area contributed by atoms with Crippen LogP contribution in [0.1, 0.15) is 11.4 Å². The number of halogens is 1. The molecule has 0 fully saturated rings. The summed E-state index contributed by atoms with van der Waals surface area (Å²) in [5, 5.41) is 20.5. The lowest BCUT2D eigenvalue weighted by atomic mass is 10.2. The van der Waals surface area contributed by atoms with E-state index in [4.69, 9.17) is 21.4 Å². The summed E-state index contributed by atoms with van der Waals surface area (Å²) in [6.07, 6.45) is 2.37. The maximum absolute atomic E-state index is 10.6. The van der Waals surface area contributed by atoms with Crippen LogP contribution in [0.5, 0.6) is 5.75 Å². The van der Waals surface area contributed by atoms with Crippen LogP contribution in [0.3, 0.4) is 0 Å². The SMILES string of the molecule is Cn1nnc(COc2cccc(Cl)c2/C=C/C(=O)O)n1. The number of rotatable bonds is 5. The summed E-state index contributed by atoms with van der Waals surface area (Å²) in [6.45, 7) is 0.113. The maximum atomic E-state index is 10.6. The van der Waals surface area contributed by atoms with E-state index in [1.54, 1.807) is 25.2 Å². The average molecular weight is 295 g/mol. The predicted molar refractivity (Wildman–Crippen MR) is 71.3 cm³/mol. The van der Waals surface area contributed by atoms with Gasteiger partial charge in [0.1, 0.15) is 5.75 Å². The lowest BCUT2D eigenvalue weighted by Crippen LogP contribution is -2.00. The third-order valence-corrected chi connectivity index (χ3v) is 2.64. The molecule has 0 unspecified atom stereocenters. The molecule has 1 N–H and O–H groups in total. The first-order valence-electron chi connectivity index (χ1n) is 5.61. The summed E-state index contributed by atoms with van der Waals surface area (Å²) in [6, 6.07) is 5.04. The van der Waals surface area contributed by atoms with Gasteiger partial charge < -0.3 is 9.84 Å². The fraction of sp³-hybridized carbons (Fsp3) is 0.167. The number of carbonyl (C=O) groups is 1. The zero-order chi connectivity index (χ0) is 14.5. The topological polar surface area (TPSA) is 90.1 Å². The highest BCUT2D eigenvalue weighted by molar-refractivity contribution is 6.32. The molecule has 0 aliphatic carbocycles. The second-order valence-corrected chi connectivity index (χ2v) is 4.21. The van der Waals surface area contributed by atoms with Gasteiger partial charge in [-0.2, -0.15) is 4.80 Å². The number of aliphatic carboxylic acids is 1. The van der Waals surface area contributed by atoms with Gasteiger partial charge in [0.15, 0.2) is 6.61 Å². The minimum Gasteiger partial charge on any atom is -0.485 e. The number of aryl methyl sites for hydroxylation is 1. The number of nitrogens with zero attached hydrogens (tertiary/aromatic N) is 4. The molecule has 104 valence electrons. The van der Waals surface area contributed by atoms with Crippen molar-refractivity contribution < 1.29 is 14.6 Å². The summed E-state index contributed by atoms with van der Waals surface area (Å²) in [5.74, 6) is -0.199. The number of tetrazole rings is 1. The van der Waals surface area contributed by atoms with E-state index in [1.807, 2.05) is 0 Å². The minimum atomic E-state index is -1.06. The first-order chi connectivity index (χ1) is 9.56. The Kier molecular flexibility index (Phi) is 4.31. The first-order valence-corrected chi connectivity index (χ1v) is 5.99. The van der Waals surface area contributed by atoms with Crippen LogP contribution in [-0.4, -0.2) is 31.3 Å². The van der Waals surface area contributed by atoms with Crippen molar-refractivity contribution in [2.45, 2.75) is 6.61 Å². The monoisotopic (exact) mass is 294 g/mol. The molecule has 0 saturated heterocycles. The highest BCUT2D eigenvalue weighted by atomic mass is 35.5. The Balaban J connectivity index is 2.18. The van der Waals surface area contributed by atoms with Crippen LogP contribution in [0.15, 0.2) is 24.3 Å². The molecule has 1 heterocycles. The van der Waals surface area contributed by atoms with Gasteiger partial charge in [-0.3, -0.25) is 0 Å². The Bertz CT molecular complexity index is 654. The van der Waals surface area contributed by atoms with E-state index in [0.29, 0.717) is 22.2 Å². The van der Waals surface area contributed by atoms with Gasteiger partial charge in [0, 0.05) is 11.6 Å². The molecule has 2 rings (SSSR count). The van der Waals surface area contributed by atoms with Gasteiger partial charge in [-0.15, -0.1) is 10.2 Å². The molecule has 0 radical (unpaired) electrons.